The number of halogens is 1. The van der Waals surface area contributed by atoms with Crippen LogP contribution in [0.1, 0.15) is 31.7 Å². The van der Waals surface area contributed by atoms with Gasteiger partial charge in [-0.1, -0.05) is 42.8 Å². The highest BCUT2D eigenvalue weighted by atomic mass is 35.5. The smallest absolute Gasteiger partial charge is 0.317 e. The van der Waals surface area contributed by atoms with Gasteiger partial charge in [0.25, 0.3) is 0 Å². The largest absolute Gasteiger partial charge is 0.355 e. The Labute approximate surface area is 204 Å². The normalized spacial score (nSPS) is 16.6. The second kappa shape index (κ2) is 11.0. The Morgan fingerprint density at radius 1 is 1.03 bits per heavy atom. The third-order valence-electron chi connectivity index (χ3n) is 6.41. The Bertz CT molecular complexity index is 1270. The molecule has 0 bridgehead atoms. The Hall–Kier alpha value is -2.90. The molecule has 1 fully saturated rings. The first kappa shape index (κ1) is 24.2. The summed E-state index contributed by atoms with van der Waals surface area (Å²) in [7, 11) is 0. The molecule has 0 unspecified atom stereocenters. The predicted octanol–water partition coefficient (Wildman–Crippen LogP) is 3.10. The summed E-state index contributed by atoms with van der Waals surface area (Å²) in [4.78, 5) is 41.0. The van der Waals surface area contributed by atoms with E-state index in [1.54, 1.807) is 30.3 Å². The number of hydrogen-bond acceptors (Lipinski definition) is 4. The summed E-state index contributed by atoms with van der Waals surface area (Å²) in [5.74, 6) is 0.458. The molecule has 0 aliphatic carbocycles. The van der Waals surface area contributed by atoms with E-state index >= 15 is 0 Å². The molecule has 1 aliphatic rings. The maximum Gasteiger partial charge on any atom is 0.317 e. The topological polar surface area (TPSA) is 76.3 Å². The van der Waals surface area contributed by atoms with Gasteiger partial charge in [0.15, 0.2) is 0 Å². The number of aromatic nitrogens is 2. The number of piperidine rings is 1. The summed E-state index contributed by atoms with van der Waals surface area (Å²) in [6.45, 7) is 6.07. The lowest BCUT2D eigenvalue weighted by Gasteiger charge is -2.30. The average Bonchev–Trinajstić information content (AvgIpc) is 2.83. The molecular weight excluding hydrogens is 452 g/mol. The molecule has 1 atom stereocenters. The number of rotatable bonds is 8. The Morgan fingerprint density at radius 3 is 2.41 bits per heavy atom. The van der Waals surface area contributed by atoms with Gasteiger partial charge in [-0.05, 0) is 68.1 Å². The highest BCUT2D eigenvalue weighted by molar-refractivity contribution is 6.30. The van der Waals surface area contributed by atoms with Crippen LogP contribution in [0.2, 0.25) is 5.02 Å². The third kappa shape index (κ3) is 5.77. The zero-order valence-corrected chi connectivity index (χ0v) is 20.3. The number of fused-ring (bicyclic) bond motifs is 1. The van der Waals surface area contributed by atoms with Crippen LogP contribution in [0.15, 0.2) is 58.1 Å². The number of carbonyl (C=O) groups is 1. The Balaban J connectivity index is 1.46. The molecule has 1 saturated heterocycles. The zero-order valence-electron chi connectivity index (χ0n) is 19.5. The average molecular weight is 483 g/mol. The zero-order chi connectivity index (χ0) is 24.1. The van der Waals surface area contributed by atoms with Crippen molar-refractivity contribution in [3.05, 3.63) is 79.8 Å². The fraction of sp³-hybridized carbons (Fsp3) is 0.423. The van der Waals surface area contributed by atoms with E-state index in [0.29, 0.717) is 22.6 Å². The number of carbonyl (C=O) groups excluding carboxylic acids is 1. The van der Waals surface area contributed by atoms with Gasteiger partial charge in [0, 0.05) is 18.1 Å². The molecule has 4 rings (SSSR count). The number of benzene rings is 2. The van der Waals surface area contributed by atoms with Gasteiger partial charge in [-0.2, -0.15) is 0 Å². The minimum atomic E-state index is -0.704. The molecule has 0 radical (unpaired) electrons. The van der Waals surface area contributed by atoms with Crippen LogP contribution in [0, 0.1) is 5.92 Å². The minimum absolute atomic E-state index is 0.183. The first-order valence-electron chi connectivity index (χ1n) is 11.9. The van der Waals surface area contributed by atoms with Crippen molar-refractivity contribution in [2.75, 3.05) is 26.2 Å². The van der Waals surface area contributed by atoms with Crippen LogP contribution in [0.5, 0.6) is 0 Å². The van der Waals surface area contributed by atoms with Crippen LogP contribution in [-0.4, -0.2) is 46.1 Å². The number of amides is 1. The number of nitrogens with one attached hydrogen (secondary N) is 1. The molecular formula is C26H31ClN4O3. The summed E-state index contributed by atoms with van der Waals surface area (Å²) in [6, 6.07) is 14.3. The van der Waals surface area contributed by atoms with E-state index in [0.717, 1.165) is 37.5 Å². The van der Waals surface area contributed by atoms with Gasteiger partial charge in [-0.25, -0.2) is 0 Å². The van der Waals surface area contributed by atoms with Crippen molar-refractivity contribution in [2.45, 2.75) is 39.3 Å². The van der Waals surface area contributed by atoms with E-state index in [9.17, 15) is 14.4 Å². The van der Waals surface area contributed by atoms with E-state index in [2.05, 4.69) is 17.1 Å². The predicted molar refractivity (Wildman–Crippen MR) is 135 cm³/mol. The summed E-state index contributed by atoms with van der Waals surface area (Å²) in [5, 5.41) is 3.51. The fourth-order valence-corrected chi connectivity index (χ4v) is 4.80. The molecule has 1 aromatic heterocycles. The molecule has 8 heteroatoms. The quantitative estimate of drug-likeness (QED) is 0.395. The van der Waals surface area contributed by atoms with Crippen molar-refractivity contribution >= 4 is 28.5 Å². The molecule has 1 aliphatic heterocycles. The molecule has 34 heavy (non-hydrogen) atoms. The lowest BCUT2D eigenvalue weighted by Crippen LogP contribution is -2.44. The van der Waals surface area contributed by atoms with Gasteiger partial charge in [-0.15, -0.1) is 0 Å². The monoisotopic (exact) mass is 482 g/mol. The summed E-state index contributed by atoms with van der Waals surface area (Å²) in [5.41, 5.74) is 0.660. The number of hydrogen-bond donors (Lipinski definition) is 1. The first-order chi connectivity index (χ1) is 16.4. The first-order valence-corrected chi connectivity index (χ1v) is 12.3. The van der Waals surface area contributed by atoms with Crippen LogP contribution in [-0.2, 0) is 17.9 Å². The molecule has 1 N–H and O–H groups in total. The highest BCUT2D eigenvalue weighted by Gasteiger charge is 2.17. The summed E-state index contributed by atoms with van der Waals surface area (Å²) < 4.78 is 2.73. The number of para-hydroxylation sites is 2. The lowest BCUT2D eigenvalue weighted by molar-refractivity contribution is -0.121. The fourth-order valence-electron chi connectivity index (χ4n) is 4.68. The maximum absolute atomic E-state index is 13.0. The number of likely N-dealkylation sites (tertiary alicyclic amines) is 1. The van der Waals surface area contributed by atoms with Crippen LogP contribution < -0.4 is 16.4 Å². The molecule has 2 aromatic carbocycles. The van der Waals surface area contributed by atoms with Crippen LogP contribution in [0.25, 0.3) is 11.0 Å². The summed E-state index contributed by atoms with van der Waals surface area (Å²) >= 11 is 5.96. The SMILES string of the molecule is C[C@@H]1CCCN(CCCNC(=O)Cn2c(=O)c(=O)n(Cc3ccc(Cl)cc3)c3ccccc32)C1. The lowest BCUT2D eigenvalue weighted by atomic mass is 10.0. The highest BCUT2D eigenvalue weighted by Crippen LogP contribution is 2.16. The maximum atomic E-state index is 13.0. The standard InChI is InChI=1S/C26H31ClN4O3/c1-19-6-4-14-29(16-19)15-5-13-28-24(32)18-31-23-8-3-2-7-22(23)30(25(33)26(31)34)17-20-9-11-21(27)12-10-20/h2-3,7-12,19H,4-6,13-18H2,1H3,(H,28,32)/t19-/m1/s1. The van der Waals surface area contributed by atoms with Gasteiger partial charge in [0.1, 0.15) is 6.54 Å². The van der Waals surface area contributed by atoms with Gasteiger partial charge in [-0.3, -0.25) is 23.5 Å². The van der Waals surface area contributed by atoms with Crippen LogP contribution in [0.4, 0.5) is 0 Å². The molecule has 7 nitrogen and oxygen atoms in total. The van der Waals surface area contributed by atoms with E-state index in [-0.39, 0.29) is 19.0 Å². The Kier molecular flexibility index (Phi) is 7.85. The molecule has 0 saturated carbocycles. The van der Waals surface area contributed by atoms with Crippen LogP contribution >= 0.6 is 11.6 Å². The van der Waals surface area contributed by atoms with Gasteiger partial charge < -0.3 is 10.2 Å². The van der Waals surface area contributed by atoms with E-state index in [1.165, 1.54) is 22.0 Å². The molecule has 2 heterocycles. The second-order valence-electron chi connectivity index (χ2n) is 9.15. The molecule has 1 amide bonds. The third-order valence-corrected chi connectivity index (χ3v) is 6.66. The van der Waals surface area contributed by atoms with E-state index < -0.39 is 11.1 Å². The van der Waals surface area contributed by atoms with Crippen LogP contribution in [0.3, 0.4) is 0 Å². The van der Waals surface area contributed by atoms with Crippen molar-refractivity contribution in [1.82, 2.24) is 19.4 Å². The van der Waals surface area contributed by atoms with Crippen molar-refractivity contribution < 1.29 is 4.79 Å². The van der Waals surface area contributed by atoms with Gasteiger partial charge >= 0.3 is 11.1 Å². The van der Waals surface area contributed by atoms with Gasteiger partial charge in [0.2, 0.25) is 5.91 Å². The van der Waals surface area contributed by atoms with Gasteiger partial charge in [0.05, 0.1) is 17.6 Å². The number of nitrogens with zero attached hydrogens (tertiary/aromatic N) is 3. The van der Waals surface area contributed by atoms with Crippen molar-refractivity contribution in [3.63, 3.8) is 0 Å². The van der Waals surface area contributed by atoms with Crippen molar-refractivity contribution in [1.29, 1.82) is 0 Å². The van der Waals surface area contributed by atoms with Crippen molar-refractivity contribution in [2.24, 2.45) is 5.92 Å². The second-order valence-corrected chi connectivity index (χ2v) is 9.59. The summed E-state index contributed by atoms with van der Waals surface area (Å²) in [6.07, 6.45) is 3.37. The Morgan fingerprint density at radius 2 is 1.71 bits per heavy atom. The molecule has 3 aromatic rings. The van der Waals surface area contributed by atoms with Crippen molar-refractivity contribution in [3.8, 4) is 0 Å². The van der Waals surface area contributed by atoms with E-state index in [4.69, 9.17) is 11.6 Å². The molecule has 180 valence electrons. The minimum Gasteiger partial charge on any atom is -0.355 e. The molecule has 0 spiro atoms. The van der Waals surface area contributed by atoms with E-state index in [1.807, 2.05) is 18.2 Å².